The minimum absolute atomic E-state index is 0. The molecule has 1 N–H and O–H groups in total. The molecule has 0 radical (unpaired) electrons. The van der Waals surface area contributed by atoms with E-state index in [1.54, 1.807) is 0 Å². The van der Waals surface area contributed by atoms with E-state index in [0.717, 1.165) is 12.1 Å². The van der Waals surface area contributed by atoms with Crippen molar-refractivity contribution in [3.63, 3.8) is 0 Å². The van der Waals surface area contributed by atoms with Crippen LogP contribution in [-0.4, -0.2) is 61.1 Å². The Kier molecular flexibility index (Phi) is 3.76. The van der Waals surface area contributed by atoms with E-state index < -0.39 is 0 Å². The lowest BCUT2D eigenvalue weighted by Crippen LogP contribution is -2.66. The summed E-state index contributed by atoms with van der Waals surface area (Å²) in [6, 6.07) is 8.16. The summed E-state index contributed by atoms with van der Waals surface area (Å²) >= 11 is 0. The van der Waals surface area contributed by atoms with Gasteiger partial charge in [0.05, 0.1) is 19.6 Å². The van der Waals surface area contributed by atoms with Gasteiger partial charge in [-0.25, -0.2) is 0 Å². The van der Waals surface area contributed by atoms with E-state index in [4.69, 9.17) is 0 Å². The second-order valence-electron chi connectivity index (χ2n) is 6.07. The van der Waals surface area contributed by atoms with Crippen LogP contribution in [0.2, 0.25) is 0 Å². The Morgan fingerprint density at radius 2 is 1.80 bits per heavy atom. The summed E-state index contributed by atoms with van der Waals surface area (Å²) < 4.78 is 1.23. The van der Waals surface area contributed by atoms with E-state index in [2.05, 4.69) is 22.3 Å². The predicted octanol–water partition coefficient (Wildman–Crippen LogP) is 1.33. The SMILES string of the molecule is CCNC(=O)c1ccc(C[N+]23CCN(CC2)CC3)cc1.[HH]. The van der Waals surface area contributed by atoms with Crippen LogP contribution in [0.3, 0.4) is 0 Å². The molecule has 1 aromatic carbocycles. The number of quaternary nitrogens is 1. The van der Waals surface area contributed by atoms with Gasteiger partial charge in [0.25, 0.3) is 5.91 Å². The van der Waals surface area contributed by atoms with Gasteiger partial charge in [0.15, 0.2) is 0 Å². The summed E-state index contributed by atoms with van der Waals surface area (Å²) in [6.07, 6.45) is 0. The average Bonchev–Trinajstić information content (AvgIpc) is 2.50. The van der Waals surface area contributed by atoms with Crippen LogP contribution in [-0.2, 0) is 6.54 Å². The lowest BCUT2D eigenvalue weighted by molar-refractivity contribution is -0.953. The molecule has 20 heavy (non-hydrogen) atoms. The topological polar surface area (TPSA) is 32.3 Å². The molecule has 4 rings (SSSR count). The molecule has 0 saturated carbocycles. The standard InChI is InChI=1S/C16H23N3O.H2/c1-2-17-16(20)15-5-3-14(4-6-15)13-19-10-7-18(8-11-19)9-12-19;/h3-6H,2,7-13H2,1H3;1H/p+1. The molecule has 3 saturated heterocycles. The van der Waals surface area contributed by atoms with Gasteiger partial charge >= 0.3 is 0 Å². The monoisotopic (exact) mass is 276 g/mol. The molecule has 0 atom stereocenters. The number of benzene rings is 1. The zero-order valence-corrected chi connectivity index (χ0v) is 12.3. The number of rotatable bonds is 4. The third-order valence-electron chi connectivity index (χ3n) is 4.74. The summed E-state index contributed by atoms with van der Waals surface area (Å²) in [7, 11) is 0. The first-order valence-corrected chi connectivity index (χ1v) is 7.65. The van der Waals surface area contributed by atoms with Crippen molar-refractivity contribution in [3.05, 3.63) is 35.4 Å². The highest BCUT2D eigenvalue weighted by atomic mass is 16.1. The van der Waals surface area contributed by atoms with E-state index in [1.165, 1.54) is 49.3 Å². The molecule has 3 fully saturated rings. The number of nitrogens with zero attached hydrogens (tertiary/aromatic N) is 2. The number of amides is 1. The minimum atomic E-state index is 0. The van der Waals surface area contributed by atoms with Gasteiger partial charge in [-0.05, 0) is 19.1 Å². The lowest BCUT2D eigenvalue weighted by Gasteiger charge is -2.50. The Morgan fingerprint density at radius 1 is 1.20 bits per heavy atom. The Labute approximate surface area is 122 Å². The Bertz CT molecular complexity index is 467. The van der Waals surface area contributed by atoms with E-state index >= 15 is 0 Å². The van der Waals surface area contributed by atoms with Crippen LogP contribution in [0.5, 0.6) is 0 Å². The number of nitrogens with one attached hydrogen (secondary N) is 1. The number of piperazine rings is 3. The quantitative estimate of drug-likeness (QED) is 0.842. The maximum atomic E-state index is 11.8. The lowest BCUT2D eigenvalue weighted by atomic mass is 10.1. The zero-order chi connectivity index (χ0) is 14.0. The normalized spacial score (nSPS) is 28.4. The highest BCUT2D eigenvalue weighted by Gasteiger charge is 2.38. The molecule has 3 aliphatic heterocycles. The van der Waals surface area contributed by atoms with Gasteiger partial charge in [-0.1, -0.05) is 12.1 Å². The first-order chi connectivity index (χ1) is 9.71. The molecule has 3 heterocycles. The molecule has 0 spiro atoms. The maximum Gasteiger partial charge on any atom is 0.251 e. The molecular weight excluding hydrogens is 250 g/mol. The molecule has 0 aromatic heterocycles. The molecular formula is C16H26N3O+. The fourth-order valence-electron chi connectivity index (χ4n) is 3.38. The molecule has 0 unspecified atom stereocenters. The van der Waals surface area contributed by atoms with Gasteiger partial charge in [0.2, 0.25) is 0 Å². The molecule has 4 nitrogen and oxygen atoms in total. The van der Waals surface area contributed by atoms with Gasteiger partial charge in [0, 0.05) is 38.7 Å². The fourth-order valence-corrected chi connectivity index (χ4v) is 3.38. The predicted molar refractivity (Wildman–Crippen MR) is 81.6 cm³/mol. The van der Waals surface area contributed by atoms with Gasteiger partial charge < -0.3 is 9.80 Å². The van der Waals surface area contributed by atoms with Crippen LogP contribution in [0.1, 0.15) is 24.3 Å². The first-order valence-electron chi connectivity index (χ1n) is 7.65. The molecule has 0 aliphatic carbocycles. The molecule has 2 bridgehead atoms. The highest BCUT2D eigenvalue weighted by molar-refractivity contribution is 5.94. The summed E-state index contributed by atoms with van der Waals surface area (Å²) in [6.45, 7) is 11.3. The molecule has 4 heteroatoms. The van der Waals surface area contributed by atoms with Crippen molar-refractivity contribution in [1.82, 2.24) is 10.2 Å². The summed E-state index contributed by atoms with van der Waals surface area (Å²) in [5.74, 6) is 0.0256. The number of hydrogen-bond acceptors (Lipinski definition) is 2. The second-order valence-corrected chi connectivity index (χ2v) is 6.07. The summed E-state index contributed by atoms with van der Waals surface area (Å²) in [5.41, 5.74) is 2.12. The maximum absolute atomic E-state index is 11.8. The average molecular weight is 276 g/mol. The van der Waals surface area contributed by atoms with Gasteiger partial charge in [0.1, 0.15) is 6.54 Å². The van der Waals surface area contributed by atoms with E-state index in [1.807, 2.05) is 19.1 Å². The van der Waals surface area contributed by atoms with E-state index in [9.17, 15) is 4.79 Å². The molecule has 3 aliphatic rings. The smallest absolute Gasteiger partial charge is 0.251 e. The van der Waals surface area contributed by atoms with Crippen LogP contribution in [0, 0.1) is 0 Å². The largest absolute Gasteiger partial charge is 0.352 e. The second kappa shape index (κ2) is 5.54. The van der Waals surface area contributed by atoms with Crippen LogP contribution >= 0.6 is 0 Å². The Morgan fingerprint density at radius 3 is 2.35 bits per heavy atom. The van der Waals surface area contributed by atoms with Crippen molar-refractivity contribution in [1.29, 1.82) is 0 Å². The van der Waals surface area contributed by atoms with Crippen molar-refractivity contribution >= 4 is 5.91 Å². The number of hydrogen-bond donors (Lipinski definition) is 1. The van der Waals surface area contributed by atoms with Crippen LogP contribution in [0.25, 0.3) is 0 Å². The van der Waals surface area contributed by atoms with Crippen LogP contribution < -0.4 is 5.32 Å². The van der Waals surface area contributed by atoms with Crippen molar-refractivity contribution in [3.8, 4) is 0 Å². The van der Waals surface area contributed by atoms with Crippen molar-refractivity contribution < 1.29 is 10.7 Å². The third-order valence-corrected chi connectivity index (χ3v) is 4.74. The summed E-state index contributed by atoms with van der Waals surface area (Å²) in [4.78, 5) is 14.3. The van der Waals surface area contributed by atoms with E-state index in [-0.39, 0.29) is 7.33 Å². The van der Waals surface area contributed by atoms with Gasteiger partial charge in [-0.15, -0.1) is 0 Å². The molecule has 1 amide bonds. The number of carbonyl (C=O) groups is 1. The van der Waals surface area contributed by atoms with Crippen LogP contribution in [0.4, 0.5) is 0 Å². The van der Waals surface area contributed by atoms with Crippen molar-refractivity contribution in [2.75, 3.05) is 45.8 Å². The van der Waals surface area contributed by atoms with Gasteiger partial charge in [-0.3, -0.25) is 9.69 Å². The van der Waals surface area contributed by atoms with Gasteiger partial charge in [-0.2, -0.15) is 0 Å². The van der Waals surface area contributed by atoms with Crippen LogP contribution in [0.15, 0.2) is 24.3 Å². The van der Waals surface area contributed by atoms with Crippen molar-refractivity contribution in [2.24, 2.45) is 0 Å². The zero-order valence-electron chi connectivity index (χ0n) is 12.3. The highest BCUT2D eigenvalue weighted by Crippen LogP contribution is 2.23. The minimum Gasteiger partial charge on any atom is -0.352 e. The number of carbonyl (C=O) groups excluding carboxylic acids is 1. The molecule has 110 valence electrons. The van der Waals surface area contributed by atoms with E-state index in [0.29, 0.717) is 6.54 Å². The Balaban J connectivity index is 0.00000161. The third kappa shape index (κ3) is 2.72. The fraction of sp³-hybridized carbons (Fsp3) is 0.562. The number of fused-ring (bicyclic) bond motifs is 3. The molecule has 1 aromatic rings. The van der Waals surface area contributed by atoms with Crippen molar-refractivity contribution in [2.45, 2.75) is 13.5 Å². The first kappa shape index (κ1) is 13.6. The Hall–Kier alpha value is -1.39. The summed E-state index contributed by atoms with van der Waals surface area (Å²) in [5, 5.41) is 2.84.